The average Bonchev–Trinajstić information content (AvgIpc) is 2.57. The van der Waals surface area contributed by atoms with Gasteiger partial charge in [-0.25, -0.2) is 0 Å². The molecule has 25 heavy (non-hydrogen) atoms. The SMILES string of the molecule is CC(N)C(=O)C1(C(=O)O)CC(C2CCCCC2)=CC(C)(C(=O)O)C1N. The van der Waals surface area contributed by atoms with Crippen LogP contribution in [0, 0.1) is 16.7 Å². The van der Waals surface area contributed by atoms with Gasteiger partial charge in [-0.1, -0.05) is 30.9 Å². The predicted molar refractivity (Wildman–Crippen MR) is 91.7 cm³/mol. The monoisotopic (exact) mass is 352 g/mol. The van der Waals surface area contributed by atoms with Crippen molar-refractivity contribution in [3.05, 3.63) is 11.6 Å². The summed E-state index contributed by atoms with van der Waals surface area (Å²) < 4.78 is 0. The largest absolute Gasteiger partial charge is 0.481 e. The minimum atomic E-state index is -2.01. The van der Waals surface area contributed by atoms with Crippen LogP contribution < -0.4 is 11.5 Å². The maximum atomic E-state index is 12.8. The molecule has 7 heteroatoms. The van der Waals surface area contributed by atoms with Gasteiger partial charge in [0.1, 0.15) is 5.41 Å². The number of carboxylic acids is 2. The van der Waals surface area contributed by atoms with E-state index < -0.39 is 40.6 Å². The molecular formula is C18H28N2O5. The Morgan fingerprint density at radius 3 is 2.16 bits per heavy atom. The molecule has 0 aromatic rings. The number of carbonyl (C=O) groups is 3. The molecule has 0 saturated heterocycles. The first-order valence-corrected chi connectivity index (χ1v) is 8.81. The minimum Gasteiger partial charge on any atom is -0.481 e. The van der Waals surface area contributed by atoms with Gasteiger partial charge in [-0.3, -0.25) is 14.4 Å². The lowest BCUT2D eigenvalue weighted by atomic mass is 9.56. The van der Waals surface area contributed by atoms with Crippen LogP contribution >= 0.6 is 0 Å². The Kier molecular flexibility index (Phi) is 5.39. The molecule has 2 rings (SSSR count). The molecule has 0 amide bonds. The van der Waals surface area contributed by atoms with Gasteiger partial charge in [0.2, 0.25) is 0 Å². The number of ketones is 1. The van der Waals surface area contributed by atoms with Crippen molar-refractivity contribution in [1.82, 2.24) is 0 Å². The van der Waals surface area contributed by atoms with Crippen molar-refractivity contribution in [2.75, 3.05) is 0 Å². The Labute approximate surface area is 147 Å². The average molecular weight is 352 g/mol. The Hall–Kier alpha value is -1.73. The molecule has 7 nitrogen and oxygen atoms in total. The Morgan fingerprint density at radius 2 is 1.72 bits per heavy atom. The summed E-state index contributed by atoms with van der Waals surface area (Å²) in [6, 6.07) is -2.42. The highest BCUT2D eigenvalue weighted by molar-refractivity contribution is 6.07. The Balaban J connectivity index is 2.61. The van der Waals surface area contributed by atoms with Crippen molar-refractivity contribution >= 4 is 17.7 Å². The Morgan fingerprint density at radius 1 is 1.16 bits per heavy atom. The molecular weight excluding hydrogens is 324 g/mol. The van der Waals surface area contributed by atoms with E-state index in [1.54, 1.807) is 6.08 Å². The lowest BCUT2D eigenvalue weighted by molar-refractivity contribution is -0.163. The molecule has 0 aliphatic heterocycles. The summed E-state index contributed by atoms with van der Waals surface area (Å²) >= 11 is 0. The molecule has 0 radical (unpaired) electrons. The normalized spacial score (nSPS) is 34.9. The Bertz CT molecular complexity index is 609. The number of carbonyl (C=O) groups excluding carboxylic acids is 1. The summed E-state index contributed by atoms with van der Waals surface area (Å²) in [7, 11) is 0. The third kappa shape index (κ3) is 3.11. The van der Waals surface area contributed by atoms with E-state index in [1.807, 2.05) is 0 Å². The van der Waals surface area contributed by atoms with Gasteiger partial charge in [0.05, 0.1) is 11.5 Å². The van der Waals surface area contributed by atoms with Gasteiger partial charge in [0, 0.05) is 6.04 Å². The fourth-order valence-electron chi connectivity index (χ4n) is 4.36. The molecule has 2 aliphatic carbocycles. The van der Waals surface area contributed by atoms with Crippen LogP contribution in [-0.2, 0) is 14.4 Å². The second-order valence-corrected chi connectivity index (χ2v) is 7.73. The summed E-state index contributed by atoms with van der Waals surface area (Å²) in [5.74, 6) is -3.23. The van der Waals surface area contributed by atoms with Crippen molar-refractivity contribution in [3.8, 4) is 0 Å². The number of nitrogens with two attached hydrogens (primary N) is 2. The van der Waals surface area contributed by atoms with E-state index in [9.17, 15) is 24.6 Å². The molecule has 0 heterocycles. The van der Waals surface area contributed by atoms with Crippen LogP contribution in [-0.4, -0.2) is 40.0 Å². The van der Waals surface area contributed by atoms with Gasteiger partial charge in [0.25, 0.3) is 0 Å². The zero-order chi connectivity index (χ0) is 19.0. The first-order valence-electron chi connectivity index (χ1n) is 8.81. The highest BCUT2D eigenvalue weighted by atomic mass is 16.4. The third-order valence-electron chi connectivity index (χ3n) is 5.97. The quantitative estimate of drug-likeness (QED) is 0.431. The number of hydrogen-bond acceptors (Lipinski definition) is 5. The number of allylic oxidation sites excluding steroid dienone is 1. The number of rotatable bonds is 5. The van der Waals surface area contributed by atoms with Crippen LogP contribution in [0.4, 0.5) is 0 Å². The smallest absolute Gasteiger partial charge is 0.319 e. The van der Waals surface area contributed by atoms with Crippen LogP contribution in [0.15, 0.2) is 11.6 Å². The van der Waals surface area contributed by atoms with E-state index in [2.05, 4.69) is 0 Å². The van der Waals surface area contributed by atoms with E-state index in [-0.39, 0.29) is 12.3 Å². The molecule has 2 aliphatic rings. The van der Waals surface area contributed by atoms with Gasteiger partial charge in [-0.05, 0) is 39.0 Å². The van der Waals surface area contributed by atoms with Crippen molar-refractivity contribution in [2.24, 2.45) is 28.2 Å². The van der Waals surface area contributed by atoms with E-state index in [4.69, 9.17) is 11.5 Å². The number of carboxylic acid groups (broad SMARTS) is 2. The maximum Gasteiger partial charge on any atom is 0.319 e. The zero-order valence-corrected chi connectivity index (χ0v) is 14.8. The van der Waals surface area contributed by atoms with Crippen LogP contribution in [0.1, 0.15) is 52.4 Å². The lowest BCUT2D eigenvalue weighted by Gasteiger charge is -2.47. The van der Waals surface area contributed by atoms with Crippen molar-refractivity contribution in [1.29, 1.82) is 0 Å². The highest BCUT2D eigenvalue weighted by Crippen LogP contribution is 2.49. The van der Waals surface area contributed by atoms with Gasteiger partial charge in [0.15, 0.2) is 5.78 Å². The second-order valence-electron chi connectivity index (χ2n) is 7.73. The van der Waals surface area contributed by atoms with E-state index in [0.29, 0.717) is 0 Å². The van der Waals surface area contributed by atoms with Gasteiger partial charge in [-0.2, -0.15) is 0 Å². The van der Waals surface area contributed by atoms with E-state index in [1.165, 1.54) is 13.8 Å². The van der Waals surface area contributed by atoms with Crippen molar-refractivity contribution in [2.45, 2.75) is 64.5 Å². The molecule has 0 aromatic carbocycles. The number of Topliss-reactive ketones (excluding diaryl/α,β-unsaturated/α-hetero) is 1. The topological polar surface area (TPSA) is 144 Å². The van der Waals surface area contributed by atoms with E-state index in [0.717, 1.165) is 37.7 Å². The van der Waals surface area contributed by atoms with Crippen LogP contribution in [0.5, 0.6) is 0 Å². The van der Waals surface area contributed by atoms with Gasteiger partial charge < -0.3 is 21.7 Å². The molecule has 1 saturated carbocycles. The van der Waals surface area contributed by atoms with Gasteiger partial charge in [-0.15, -0.1) is 0 Å². The molecule has 4 atom stereocenters. The number of aliphatic carboxylic acids is 2. The standard InChI is InChI=1S/C18H28N2O5/c1-10(19)13(21)18(16(24)25)9-12(11-6-4-3-5-7-11)8-17(2,14(18)20)15(22)23/h8,10-11,14H,3-7,9,19-20H2,1-2H3,(H,22,23)(H,24,25). The second kappa shape index (κ2) is 6.88. The maximum absolute atomic E-state index is 12.8. The predicted octanol–water partition coefficient (Wildman–Crippen LogP) is 1.30. The summed E-state index contributed by atoms with van der Waals surface area (Å²) in [6.45, 7) is 2.81. The molecule has 0 bridgehead atoms. The zero-order valence-electron chi connectivity index (χ0n) is 14.8. The first kappa shape index (κ1) is 19.6. The molecule has 0 spiro atoms. The number of hydrogen-bond donors (Lipinski definition) is 4. The molecule has 140 valence electrons. The highest BCUT2D eigenvalue weighted by Gasteiger charge is 2.62. The fraction of sp³-hybridized carbons (Fsp3) is 0.722. The van der Waals surface area contributed by atoms with E-state index >= 15 is 0 Å². The summed E-state index contributed by atoms with van der Waals surface area (Å²) in [4.78, 5) is 37.0. The summed E-state index contributed by atoms with van der Waals surface area (Å²) in [5, 5.41) is 19.7. The lowest BCUT2D eigenvalue weighted by Crippen LogP contribution is -2.65. The van der Waals surface area contributed by atoms with Crippen LogP contribution in [0.25, 0.3) is 0 Å². The van der Waals surface area contributed by atoms with Crippen LogP contribution in [0.3, 0.4) is 0 Å². The minimum absolute atomic E-state index is 0.0581. The molecule has 4 unspecified atom stereocenters. The fourth-order valence-corrected chi connectivity index (χ4v) is 4.36. The van der Waals surface area contributed by atoms with Crippen molar-refractivity contribution < 1.29 is 24.6 Å². The van der Waals surface area contributed by atoms with Gasteiger partial charge >= 0.3 is 11.9 Å². The molecule has 1 fully saturated rings. The first-order chi connectivity index (χ1) is 11.6. The van der Waals surface area contributed by atoms with Crippen molar-refractivity contribution in [3.63, 3.8) is 0 Å². The third-order valence-corrected chi connectivity index (χ3v) is 5.97. The molecule has 6 N–H and O–H groups in total. The summed E-state index contributed by atoms with van der Waals surface area (Å²) in [5.41, 5.74) is 8.93. The molecule has 0 aromatic heterocycles. The summed E-state index contributed by atoms with van der Waals surface area (Å²) in [6.07, 6.45) is 6.43. The van der Waals surface area contributed by atoms with Crippen LogP contribution in [0.2, 0.25) is 0 Å².